The molecule has 4 heteroatoms. The Hall–Kier alpha value is -0.320. The van der Waals surface area contributed by atoms with Crippen molar-refractivity contribution in [3.8, 4) is 0 Å². The Bertz CT molecular complexity index is 529. The predicted molar refractivity (Wildman–Crippen MR) is 84.5 cm³/mol. The molecule has 0 unspecified atom stereocenters. The number of thioether (sulfide) groups is 1. The molecular weight excluding hydrogens is 326 g/mol. The van der Waals surface area contributed by atoms with Crippen LogP contribution in [0.25, 0.3) is 0 Å². The van der Waals surface area contributed by atoms with Gasteiger partial charge in [-0.1, -0.05) is 32.9 Å². The van der Waals surface area contributed by atoms with E-state index in [1.165, 1.54) is 15.6 Å². The first-order valence-corrected chi connectivity index (χ1v) is 8.45. The molecule has 0 bridgehead atoms. The topological polar surface area (TPSA) is 12.9 Å². The van der Waals surface area contributed by atoms with Gasteiger partial charge in [-0.05, 0) is 28.1 Å². The zero-order valence-electron chi connectivity index (χ0n) is 10.7. The summed E-state index contributed by atoms with van der Waals surface area (Å²) in [5.74, 6) is 0.934. The number of rotatable bonds is 3. The van der Waals surface area contributed by atoms with Crippen LogP contribution in [0.2, 0.25) is 0 Å². The molecule has 0 aliphatic heterocycles. The summed E-state index contributed by atoms with van der Waals surface area (Å²) in [5.41, 5.74) is 1.34. The third-order valence-corrected chi connectivity index (χ3v) is 5.58. The average Bonchev–Trinajstić information content (AvgIpc) is 2.76. The summed E-state index contributed by atoms with van der Waals surface area (Å²) < 4.78 is 1.16. The molecule has 2 aromatic rings. The van der Waals surface area contributed by atoms with Gasteiger partial charge >= 0.3 is 0 Å². The number of hydrogen-bond acceptors (Lipinski definition) is 3. The molecule has 1 heterocycles. The fourth-order valence-electron chi connectivity index (χ4n) is 1.42. The zero-order chi connectivity index (χ0) is 13.2. The standard InChI is InChI=1S/C14H16BrNS2/c1-14(2,3)12-8-18-13(16-12)9-17-11-7-5-4-6-10(11)15/h4-8H,9H2,1-3H3. The lowest BCUT2D eigenvalue weighted by atomic mass is 9.93. The van der Waals surface area contributed by atoms with E-state index in [-0.39, 0.29) is 5.41 Å². The highest BCUT2D eigenvalue weighted by Crippen LogP contribution is 2.31. The summed E-state index contributed by atoms with van der Waals surface area (Å²) in [6.07, 6.45) is 0. The molecule has 0 saturated heterocycles. The van der Waals surface area contributed by atoms with Crippen molar-refractivity contribution >= 4 is 39.0 Å². The fraction of sp³-hybridized carbons (Fsp3) is 0.357. The van der Waals surface area contributed by atoms with E-state index in [0.29, 0.717) is 0 Å². The normalized spacial score (nSPS) is 11.8. The van der Waals surface area contributed by atoms with Gasteiger partial charge in [0.15, 0.2) is 0 Å². The first-order chi connectivity index (χ1) is 8.47. The zero-order valence-corrected chi connectivity index (χ0v) is 14.0. The smallest absolute Gasteiger partial charge is 0.103 e. The summed E-state index contributed by atoms with van der Waals surface area (Å²) in [6.45, 7) is 6.60. The number of nitrogens with zero attached hydrogens (tertiary/aromatic N) is 1. The number of halogens is 1. The van der Waals surface area contributed by atoms with E-state index in [0.717, 1.165) is 10.2 Å². The van der Waals surface area contributed by atoms with Crippen molar-refractivity contribution in [2.75, 3.05) is 0 Å². The first kappa shape index (κ1) is 14.1. The van der Waals surface area contributed by atoms with Gasteiger partial charge in [0, 0.05) is 20.2 Å². The van der Waals surface area contributed by atoms with Crippen LogP contribution in [0.5, 0.6) is 0 Å². The van der Waals surface area contributed by atoms with Gasteiger partial charge in [-0.15, -0.1) is 23.1 Å². The Morgan fingerprint density at radius 2 is 2.00 bits per heavy atom. The monoisotopic (exact) mass is 341 g/mol. The van der Waals surface area contributed by atoms with E-state index in [4.69, 9.17) is 4.98 Å². The molecule has 0 saturated carbocycles. The fourth-order valence-corrected chi connectivity index (χ4v) is 4.03. The summed E-state index contributed by atoms with van der Waals surface area (Å²) in [6, 6.07) is 8.31. The Balaban J connectivity index is 2.03. The third kappa shape index (κ3) is 3.59. The second-order valence-electron chi connectivity index (χ2n) is 5.10. The van der Waals surface area contributed by atoms with Crippen molar-refractivity contribution < 1.29 is 0 Å². The van der Waals surface area contributed by atoms with Crippen LogP contribution in [0.15, 0.2) is 39.0 Å². The maximum absolute atomic E-state index is 4.71. The van der Waals surface area contributed by atoms with Crippen LogP contribution in [-0.2, 0) is 11.2 Å². The minimum atomic E-state index is 0.146. The van der Waals surface area contributed by atoms with Gasteiger partial charge in [0.2, 0.25) is 0 Å². The molecule has 2 rings (SSSR count). The molecule has 1 aromatic heterocycles. The van der Waals surface area contributed by atoms with Crippen LogP contribution in [-0.4, -0.2) is 4.98 Å². The molecule has 0 radical (unpaired) electrons. The Morgan fingerprint density at radius 1 is 1.28 bits per heavy atom. The van der Waals surface area contributed by atoms with E-state index in [1.54, 1.807) is 11.3 Å². The van der Waals surface area contributed by atoms with Gasteiger partial charge in [0.1, 0.15) is 5.01 Å². The number of thiazole rings is 1. The van der Waals surface area contributed by atoms with Crippen molar-refractivity contribution in [2.24, 2.45) is 0 Å². The van der Waals surface area contributed by atoms with Crippen molar-refractivity contribution in [2.45, 2.75) is 36.8 Å². The van der Waals surface area contributed by atoms with Crippen LogP contribution < -0.4 is 0 Å². The third-order valence-electron chi connectivity index (χ3n) is 2.51. The summed E-state index contributed by atoms with van der Waals surface area (Å²) in [7, 11) is 0. The molecule has 0 N–H and O–H groups in total. The molecule has 0 spiro atoms. The number of hydrogen-bond donors (Lipinski definition) is 0. The van der Waals surface area contributed by atoms with Crippen LogP contribution >= 0.6 is 39.0 Å². The molecule has 0 aliphatic carbocycles. The average molecular weight is 342 g/mol. The Labute approximate surface area is 125 Å². The maximum atomic E-state index is 4.71. The van der Waals surface area contributed by atoms with Gasteiger partial charge in [-0.2, -0.15) is 0 Å². The first-order valence-electron chi connectivity index (χ1n) is 5.79. The quantitative estimate of drug-likeness (QED) is 0.684. The molecule has 1 aromatic carbocycles. The van der Waals surface area contributed by atoms with E-state index in [1.807, 2.05) is 17.8 Å². The lowest BCUT2D eigenvalue weighted by Gasteiger charge is -2.14. The van der Waals surface area contributed by atoms with Crippen LogP contribution in [0.3, 0.4) is 0 Å². The lowest BCUT2D eigenvalue weighted by Crippen LogP contribution is -2.11. The van der Waals surface area contributed by atoms with E-state index < -0.39 is 0 Å². The van der Waals surface area contributed by atoms with Gasteiger partial charge in [-0.3, -0.25) is 0 Å². The molecular formula is C14H16BrNS2. The highest BCUT2D eigenvalue weighted by molar-refractivity contribution is 9.10. The predicted octanol–water partition coefficient (Wildman–Crippen LogP) is 5.50. The van der Waals surface area contributed by atoms with Crippen molar-refractivity contribution in [1.82, 2.24) is 4.98 Å². The number of benzene rings is 1. The second-order valence-corrected chi connectivity index (χ2v) is 7.91. The van der Waals surface area contributed by atoms with Crippen molar-refractivity contribution in [3.05, 3.63) is 44.8 Å². The van der Waals surface area contributed by atoms with Crippen LogP contribution in [0.4, 0.5) is 0 Å². The van der Waals surface area contributed by atoms with Gasteiger partial charge in [0.25, 0.3) is 0 Å². The van der Waals surface area contributed by atoms with Crippen LogP contribution in [0, 0.1) is 0 Å². The van der Waals surface area contributed by atoms with E-state index >= 15 is 0 Å². The molecule has 96 valence electrons. The summed E-state index contributed by atoms with van der Waals surface area (Å²) in [4.78, 5) is 5.98. The van der Waals surface area contributed by atoms with Gasteiger partial charge in [0.05, 0.1) is 11.4 Å². The largest absolute Gasteiger partial charge is 0.245 e. The minimum absolute atomic E-state index is 0.146. The minimum Gasteiger partial charge on any atom is -0.245 e. The lowest BCUT2D eigenvalue weighted by molar-refractivity contribution is 0.572. The van der Waals surface area contributed by atoms with Gasteiger partial charge < -0.3 is 0 Å². The van der Waals surface area contributed by atoms with E-state index in [2.05, 4.69) is 60.3 Å². The Morgan fingerprint density at radius 3 is 2.61 bits per heavy atom. The highest BCUT2D eigenvalue weighted by atomic mass is 79.9. The summed E-state index contributed by atoms with van der Waals surface area (Å²) in [5, 5.41) is 3.37. The molecule has 0 amide bonds. The second kappa shape index (κ2) is 5.76. The molecule has 0 fully saturated rings. The Kier molecular flexibility index (Phi) is 4.51. The van der Waals surface area contributed by atoms with Crippen molar-refractivity contribution in [3.63, 3.8) is 0 Å². The van der Waals surface area contributed by atoms with Gasteiger partial charge in [-0.25, -0.2) is 4.98 Å². The summed E-state index contributed by atoms with van der Waals surface area (Å²) >= 11 is 7.15. The van der Waals surface area contributed by atoms with Crippen LogP contribution in [0.1, 0.15) is 31.5 Å². The van der Waals surface area contributed by atoms with Crippen molar-refractivity contribution in [1.29, 1.82) is 0 Å². The van der Waals surface area contributed by atoms with E-state index in [9.17, 15) is 0 Å². The molecule has 0 atom stereocenters. The molecule has 0 aliphatic rings. The molecule has 18 heavy (non-hydrogen) atoms. The maximum Gasteiger partial charge on any atom is 0.103 e. The number of aromatic nitrogens is 1. The highest BCUT2D eigenvalue weighted by Gasteiger charge is 2.17. The molecule has 1 nitrogen and oxygen atoms in total. The SMILES string of the molecule is CC(C)(C)c1csc(CSc2ccccc2Br)n1.